The van der Waals surface area contributed by atoms with Crippen LogP contribution in [0, 0.1) is 6.92 Å². The van der Waals surface area contributed by atoms with Crippen molar-refractivity contribution in [2.24, 2.45) is 0 Å². The molecule has 0 unspecified atom stereocenters. The first-order chi connectivity index (χ1) is 11.2. The number of carbonyl (C=O) groups is 1. The molecule has 114 valence electrons. The zero-order valence-corrected chi connectivity index (χ0v) is 12.5. The molecule has 3 heterocycles. The van der Waals surface area contributed by atoms with Crippen LogP contribution in [-0.2, 0) is 6.54 Å². The SMILES string of the molecule is Cc1ccc2c(c1)CN(C(=O)c1ccnnc1)[C@@H]2c1cnco1. The van der Waals surface area contributed by atoms with Crippen molar-refractivity contribution in [3.8, 4) is 0 Å². The quantitative estimate of drug-likeness (QED) is 0.727. The Kier molecular flexibility index (Phi) is 3.15. The van der Waals surface area contributed by atoms with Gasteiger partial charge in [0.15, 0.2) is 12.2 Å². The standard InChI is InChI=1S/C17H14N4O2/c1-11-2-3-14-13(6-11)9-21(16(14)15-8-18-10-23-15)17(22)12-4-5-19-20-7-12/h2-8,10,16H,9H2,1H3/t16-/m0/s1. The van der Waals surface area contributed by atoms with Crippen molar-refractivity contribution in [2.75, 3.05) is 0 Å². The van der Waals surface area contributed by atoms with Gasteiger partial charge in [-0.05, 0) is 24.1 Å². The second-order valence-corrected chi connectivity index (χ2v) is 5.57. The van der Waals surface area contributed by atoms with Crippen LogP contribution in [0.15, 0.2) is 53.7 Å². The van der Waals surface area contributed by atoms with Gasteiger partial charge in [-0.15, -0.1) is 0 Å². The highest BCUT2D eigenvalue weighted by atomic mass is 16.3. The van der Waals surface area contributed by atoms with E-state index in [0.717, 1.165) is 11.1 Å². The minimum atomic E-state index is -0.270. The molecule has 1 amide bonds. The minimum Gasteiger partial charge on any atom is -0.446 e. The van der Waals surface area contributed by atoms with E-state index in [0.29, 0.717) is 17.9 Å². The summed E-state index contributed by atoms with van der Waals surface area (Å²) < 4.78 is 5.49. The number of hydrogen-bond donors (Lipinski definition) is 0. The summed E-state index contributed by atoms with van der Waals surface area (Å²) in [6.45, 7) is 2.57. The predicted octanol–water partition coefficient (Wildman–Crippen LogP) is 2.52. The molecule has 6 heteroatoms. The highest BCUT2D eigenvalue weighted by Crippen LogP contribution is 2.39. The lowest BCUT2D eigenvalue weighted by Crippen LogP contribution is -2.30. The maximum atomic E-state index is 12.9. The molecule has 1 aliphatic rings. The van der Waals surface area contributed by atoms with E-state index < -0.39 is 0 Å². The molecule has 0 N–H and O–H groups in total. The second-order valence-electron chi connectivity index (χ2n) is 5.57. The number of carbonyl (C=O) groups excluding carboxylic acids is 1. The first-order valence-electron chi connectivity index (χ1n) is 7.29. The predicted molar refractivity (Wildman–Crippen MR) is 81.4 cm³/mol. The van der Waals surface area contributed by atoms with Crippen molar-refractivity contribution in [1.82, 2.24) is 20.1 Å². The summed E-state index contributed by atoms with van der Waals surface area (Å²) in [5, 5.41) is 7.52. The molecule has 1 aliphatic heterocycles. The minimum absolute atomic E-state index is 0.102. The highest BCUT2D eigenvalue weighted by Gasteiger charge is 2.37. The lowest BCUT2D eigenvalue weighted by Gasteiger charge is -2.23. The number of amides is 1. The molecule has 2 aromatic heterocycles. The molecule has 1 atom stereocenters. The van der Waals surface area contributed by atoms with Gasteiger partial charge < -0.3 is 9.32 Å². The molecule has 0 bridgehead atoms. The Bertz CT molecular complexity index is 846. The fourth-order valence-electron chi connectivity index (χ4n) is 3.02. The molecule has 0 saturated heterocycles. The average molecular weight is 306 g/mol. The third-order valence-corrected chi connectivity index (χ3v) is 4.06. The van der Waals surface area contributed by atoms with E-state index in [9.17, 15) is 4.79 Å². The van der Waals surface area contributed by atoms with Crippen LogP contribution in [0.2, 0.25) is 0 Å². The van der Waals surface area contributed by atoms with Crippen LogP contribution in [0.4, 0.5) is 0 Å². The van der Waals surface area contributed by atoms with Crippen LogP contribution in [0.5, 0.6) is 0 Å². The molecule has 6 nitrogen and oxygen atoms in total. The van der Waals surface area contributed by atoms with Crippen LogP contribution in [0.3, 0.4) is 0 Å². The number of oxazole rings is 1. The van der Waals surface area contributed by atoms with Crippen LogP contribution in [0.1, 0.15) is 38.9 Å². The van der Waals surface area contributed by atoms with Crippen molar-refractivity contribution in [2.45, 2.75) is 19.5 Å². The van der Waals surface area contributed by atoms with Gasteiger partial charge in [-0.3, -0.25) is 4.79 Å². The number of fused-ring (bicyclic) bond motifs is 1. The largest absolute Gasteiger partial charge is 0.446 e. The molecule has 0 spiro atoms. The normalized spacial score (nSPS) is 16.4. The van der Waals surface area contributed by atoms with Crippen LogP contribution in [-0.4, -0.2) is 26.0 Å². The Morgan fingerprint density at radius 2 is 2.17 bits per heavy atom. The van der Waals surface area contributed by atoms with E-state index in [4.69, 9.17) is 4.42 Å². The van der Waals surface area contributed by atoms with Crippen LogP contribution >= 0.6 is 0 Å². The third kappa shape index (κ3) is 2.28. The van der Waals surface area contributed by atoms with Gasteiger partial charge in [0.05, 0.1) is 24.2 Å². The third-order valence-electron chi connectivity index (χ3n) is 4.06. The molecule has 0 fully saturated rings. The molecule has 3 aromatic rings. The maximum absolute atomic E-state index is 12.9. The van der Waals surface area contributed by atoms with Gasteiger partial charge in [0.1, 0.15) is 6.04 Å². The smallest absolute Gasteiger partial charge is 0.256 e. The Labute approximate surface area is 132 Å². The zero-order chi connectivity index (χ0) is 15.8. The molecule has 1 aromatic carbocycles. The van der Waals surface area contributed by atoms with E-state index in [1.54, 1.807) is 17.2 Å². The van der Waals surface area contributed by atoms with Crippen molar-refractivity contribution in [3.63, 3.8) is 0 Å². The van der Waals surface area contributed by atoms with Gasteiger partial charge in [0.25, 0.3) is 5.91 Å². The van der Waals surface area contributed by atoms with Gasteiger partial charge in [0.2, 0.25) is 0 Å². The van der Waals surface area contributed by atoms with E-state index in [2.05, 4.69) is 27.3 Å². The summed E-state index contributed by atoms with van der Waals surface area (Å²) in [5.41, 5.74) is 3.87. The molecule has 0 saturated carbocycles. The molecular formula is C17H14N4O2. The highest BCUT2D eigenvalue weighted by molar-refractivity contribution is 5.94. The monoisotopic (exact) mass is 306 g/mol. The summed E-state index contributed by atoms with van der Waals surface area (Å²) in [5.74, 6) is 0.554. The van der Waals surface area contributed by atoms with E-state index in [1.165, 1.54) is 24.4 Å². The van der Waals surface area contributed by atoms with Gasteiger partial charge in [0, 0.05) is 6.54 Å². The lowest BCUT2D eigenvalue weighted by molar-refractivity contribution is 0.0702. The van der Waals surface area contributed by atoms with Gasteiger partial charge in [-0.25, -0.2) is 4.98 Å². The average Bonchev–Trinajstić information content (AvgIpc) is 3.21. The number of rotatable bonds is 2. The lowest BCUT2D eigenvalue weighted by atomic mass is 10.0. The van der Waals surface area contributed by atoms with Crippen molar-refractivity contribution in [1.29, 1.82) is 0 Å². The summed E-state index contributed by atoms with van der Waals surface area (Å²) in [4.78, 5) is 18.7. The first-order valence-corrected chi connectivity index (χ1v) is 7.29. The summed E-state index contributed by atoms with van der Waals surface area (Å²) in [6.07, 6.45) is 6.04. The van der Waals surface area contributed by atoms with Gasteiger partial charge in [-0.2, -0.15) is 10.2 Å². The summed E-state index contributed by atoms with van der Waals surface area (Å²) in [6, 6.07) is 7.60. The Hall–Kier alpha value is -3.02. The van der Waals surface area contributed by atoms with E-state index in [-0.39, 0.29) is 11.9 Å². The van der Waals surface area contributed by atoms with Gasteiger partial charge in [-0.1, -0.05) is 23.8 Å². The second kappa shape index (κ2) is 5.31. The first kappa shape index (κ1) is 13.6. The molecule has 0 radical (unpaired) electrons. The number of nitrogens with zero attached hydrogens (tertiary/aromatic N) is 4. The molecule has 4 rings (SSSR count). The fourth-order valence-corrected chi connectivity index (χ4v) is 3.02. The Balaban J connectivity index is 1.79. The van der Waals surface area contributed by atoms with Gasteiger partial charge >= 0.3 is 0 Å². The number of aromatic nitrogens is 3. The van der Waals surface area contributed by atoms with Crippen molar-refractivity contribution in [3.05, 3.63) is 77.3 Å². The van der Waals surface area contributed by atoms with E-state index in [1.807, 2.05) is 13.0 Å². The van der Waals surface area contributed by atoms with Crippen molar-refractivity contribution < 1.29 is 9.21 Å². The van der Waals surface area contributed by atoms with E-state index >= 15 is 0 Å². The summed E-state index contributed by atoms with van der Waals surface area (Å²) >= 11 is 0. The molecule has 23 heavy (non-hydrogen) atoms. The molecule has 0 aliphatic carbocycles. The van der Waals surface area contributed by atoms with Crippen LogP contribution in [0.25, 0.3) is 0 Å². The topological polar surface area (TPSA) is 72.1 Å². The van der Waals surface area contributed by atoms with Crippen LogP contribution < -0.4 is 0 Å². The number of aryl methyl sites for hydroxylation is 1. The fraction of sp³-hybridized carbons (Fsp3) is 0.176. The summed E-state index contributed by atoms with van der Waals surface area (Å²) in [7, 11) is 0. The van der Waals surface area contributed by atoms with Crippen molar-refractivity contribution >= 4 is 5.91 Å². The number of benzene rings is 1. The molecular weight excluding hydrogens is 292 g/mol. The Morgan fingerprint density at radius 3 is 2.91 bits per heavy atom. The maximum Gasteiger partial charge on any atom is 0.256 e. The number of hydrogen-bond acceptors (Lipinski definition) is 5. The Morgan fingerprint density at radius 1 is 1.26 bits per heavy atom. The zero-order valence-electron chi connectivity index (χ0n) is 12.5.